The molecule has 34 heavy (non-hydrogen) atoms. The molecule has 1 saturated heterocycles. The van der Waals surface area contributed by atoms with E-state index < -0.39 is 0 Å². The molecule has 5 heterocycles. The minimum Gasteiger partial charge on any atom is -0.479 e. The van der Waals surface area contributed by atoms with Crippen molar-refractivity contribution in [3.8, 4) is 23.0 Å². The molecule has 4 aromatic heterocycles. The summed E-state index contributed by atoms with van der Waals surface area (Å²) < 4.78 is 15.3. The lowest BCUT2D eigenvalue weighted by molar-refractivity contribution is 0.185. The van der Waals surface area contributed by atoms with Gasteiger partial charge in [-0.25, -0.2) is 19.6 Å². The molecule has 1 fully saturated rings. The van der Waals surface area contributed by atoms with Gasteiger partial charge in [0.25, 0.3) is 0 Å². The van der Waals surface area contributed by atoms with Crippen molar-refractivity contribution in [1.29, 1.82) is 0 Å². The number of pyridine rings is 1. The van der Waals surface area contributed by atoms with Crippen LogP contribution in [0.25, 0.3) is 17.1 Å². The summed E-state index contributed by atoms with van der Waals surface area (Å²) in [6.07, 6.45) is 9.20. The Labute approximate surface area is 201 Å². The van der Waals surface area contributed by atoms with Crippen molar-refractivity contribution in [1.82, 2.24) is 29.3 Å². The first kappa shape index (κ1) is 21.3. The maximum absolute atomic E-state index is 5.65. The number of fused-ring (bicyclic) bond motifs is 1. The Morgan fingerprint density at radius 3 is 2.88 bits per heavy atom. The molecule has 0 aromatic carbocycles. The summed E-state index contributed by atoms with van der Waals surface area (Å²) in [7, 11) is 1.63. The molecule has 0 amide bonds. The molecule has 1 unspecified atom stereocenters. The number of nitrogens with one attached hydrogen (secondary N) is 1. The zero-order valence-electron chi connectivity index (χ0n) is 19.3. The molecule has 10 heteroatoms. The molecular formula is C24H27N7O2S. The van der Waals surface area contributed by atoms with Crippen molar-refractivity contribution in [3.05, 3.63) is 47.0 Å². The van der Waals surface area contributed by atoms with Crippen LogP contribution in [-0.2, 0) is 17.6 Å². The van der Waals surface area contributed by atoms with Crippen LogP contribution in [0, 0.1) is 6.92 Å². The lowest BCUT2D eigenvalue weighted by Crippen LogP contribution is -2.13. The molecule has 4 aromatic rings. The second-order valence-electron chi connectivity index (χ2n) is 8.75. The van der Waals surface area contributed by atoms with Gasteiger partial charge in [0.2, 0.25) is 5.88 Å². The summed E-state index contributed by atoms with van der Waals surface area (Å²) in [5.74, 6) is 1.60. The Morgan fingerprint density at radius 2 is 2.09 bits per heavy atom. The van der Waals surface area contributed by atoms with Gasteiger partial charge in [-0.05, 0) is 51.2 Å². The lowest BCUT2D eigenvalue weighted by atomic mass is 9.97. The number of aryl methyl sites for hydroxylation is 2. The standard InChI is InChI=1S/C24H27N7O2S/c1-15-11-30(14-25-15)21-8-7-19(26-23(21)32-2)20-13-34-24(27-20)28-22-17-5-3-4-6-18(17)29-31(22)16-9-10-33-12-16/h7-8,11,13-14,16H,3-6,9-10,12H2,1-2H3,(H,27,28). The average molecular weight is 478 g/mol. The van der Waals surface area contributed by atoms with E-state index in [1.807, 2.05) is 35.2 Å². The van der Waals surface area contributed by atoms with Crippen LogP contribution in [0.15, 0.2) is 30.0 Å². The quantitative estimate of drug-likeness (QED) is 0.437. The number of imidazole rings is 1. The third-order valence-corrected chi connectivity index (χ3v) is 7.21. The van der Waals surface area contributed by atoms with Gasteiger partial charge in [-0.1, -0.05) is 0 Å². The van der Waals surface area contributed by atoms with Crippen LogP contribution >= 0.6 is 11.3 Å². The molecule has 1 atom stereocenters. The maximum atomic E-state index is 5.65. The summed E-state index contributed by atoms with van der Waals surface area (Å²) in [5, 5.41) is 11.4. The van der Waals surface area contributed by atoms with Crippen LogP contribution in [0.3, 0.4) is 0 Å². The number of methoxy groups -OCH3 is 1. The molecule has 0 spiro atoms. The highest BCUT2D eigenvalue weighted by molar-refractivity contribution is 7.14. The maximum Gasteiger partial charge on any atom is 0.238 e. The smallest absolute Gasteiger partial charge is 0.238 e. The van der Waals surface area contributed by atoms with Gasteiger partial charge in [0.1, 0.15) is 17.2 Å². The van der Waals surface area contributed by atoms with Crippen molar-refractivity contribution in [2.75, 3.05) is 25.6 Å². The average Bonchev–Trinajstić information content (AvgIpc) is 3.66. The number of hydrogen-bond donors (Lipinski definition) is 1. The SMILES string of the molecule is COc1nc(-c2csc(Nc3c4c(nn3C3CCOC3)CCCC4)n2)ccc1-n1cnc(C)c1. The molecule has 0 saturated carbocycles. The zero-order valence-corrected chi connectivity index (χ0v) is 20.1. The summed E-state index contributed by atoms with van der Waals surface area (Å²) in [6, 6.07) is 4.23. The molecular weight excluding hydrogens is 450 g/mol. The van der Waals surface area contributed by atoms with Gasteiger partial charge in [0.05, 0.1) is 43.2 Å². The summed E-state index contributed by atoms with van der Waals surface area (Å²) >= 11 is 1.57. The number of thiazole rings is 1. The van der Waals surface area contributed by atoms with Crippen LogP contribution in [0.1, 0.15) is 42.3 Å². The lowest BCUT2D eigenvalue weighted by Gasteiger charge is -2.15. The summed E-state index contributed by atoms with van der Waals surface area (Å²) in [4.78, 5) is 13.9. The van der Waals surface area contributed by atoms with Gasteiger partial charge in [0, 0.05) is 23.7 Å². The fourth-order valence-electron chi connectivity index (χ4n) is 4.71. The second kappa shape index (κ2) is 8.84. The number of anilines is 2. The predicted molar refractivity (Wildman–Crippen MR) is 130 cm³/mol. The van der Waals surface area contributed by atoms with Crippen LogP contribution < -0.4 is 10.1 Å². The minimum atomic E-state index is 0.276. The first-order chi connectivity index (χ1) is 16.7. The monoisotopic (exact) mass is 477 g/mol. The van der Waals surface area contributed by atoms with E-state index in [4.69, 9.17) is 24.5 Å². The number of aromatic nitrogens is 6. The normalized spacial score (nSPS) is 17.6. The summed E-state index contributed by atoms with van der Waals surface area (Å²) in [5.41, 5.74) is 5.90. The van der Waals surface area contributed by atoms with Crippen molar-refractivity contribution in [3.63, 3.8) is 0 Å². The van der Waals surface area contributed by atoms with E-state index >= 15 is 0 Å². The largest absolute Gasteiger partial charge is 0.479 e. The number of ether oxygens (including phenoxy) is 2. The van der Waals surface area contributed by atoms with E-state index in [2.05, 4.69) is 15.0 Å². The van der Waals surface area contributed by atoms with Crippen molar-refractivity contribution < 1.29 is 9.47 Å². The van der Waals surface area contributed by atoms with Crippen molar-refractivity contribution in [2.24, 2.45) is 0 Å². The van der Waals surface area contributed by atoms with E-state index in [0.29, 0.717) is 12.5 Å². The Bertz CT molecular complexity index is 1320. The Balaban J connectivity index is 1.30. The Kier molecular flexibility index (Phi) is 5.54. The zero-order chi connectivity index (χ0) is 23.1. The van der Waals surface area contributed by atoms with Crippen molar-refractivity contribution in [2.45, 2.75) is 45.1 Å². The third-order valence-electron chi connectivity index (χ3n) is 6.45. The van der Waals surface area contributed by atoms with Crippen molar-refractivity contribution >= 4 is 22.3 Å². The molecule has 2 aliphatic rings. The third kappa shape index (κ3) is 3.86. The molecule has 6 rings (SSSR count). The van der Waals surface area contributed by atoms with E-state index in [-0.39, 0.29) is 6.04 Å². The van der Waals surface area contributed by atoms with Crippen LogP contribution in [0.4, 0.5) is 10.9 Å². The van der Waals surface area contributed by atoms with Gasteiger partial charge in [0.15, 0.2) is 5.13 Å². The highest BCUT2D eigenvalue weighted by atomic mass is 32.1. The molecule has 0 radical (unpaired) electrons. The second-order valence-corrected chi connectivity index (χ2v) is 9.61. The fraction of sp³-hybridized carbons (Fsp3) is 0.417. The van der Waals surface area contributed by atoms with E-state index in [9.17, 15) is 0 Å². The first-order valence-electron chi connectivity index (χ1n) is 11.7. The van der Waals surface area contributed by atoms with Crippen LogP contribution in [0.5, 0.6) is 5.88 Å². The number of hydrogen-bond acceptors (Lipinski definition) is 8. The first-order valence-corrected chi connectivity index (χ1v) is 12.5. The van der Waals surface area contributed by atoms with Gasteiger partial charge >= 0.3 is 0 Å². The molecule has 1 aliphatic carbocycles. The van der Waals surface area contributed by atoms with Gasteiger partial charge in [-0.2, -0.15) is 5.10 Å². The number of nitrogens with zero attached hydrogens (tertiary/aromatic N) is 6. The van der Waals surface area contributed by atoms with Gasteiger partial charge in [-0.15, -0.1) is 11.3 Å². The highest BCUT2D eigenvalue weighted by Crippen LogP contribution is 2.36. The highest BCUT2D eigenvalue weighted by Gasteiger charge is 2.27. The Hall–Kier alpha value is -3.24. The minimum absolute atomic E-state index is 0.276. The van der Waals surface area contributed by atoms with E-state index in [0.717, 1.165) is 59.6 Å². The van der Waals surface area contributed by atoms with E-state index in [1.165, 1.54) is 24.1 Å². The molecule has 9 nitrogen and oxygen atoms in total. The van der Waals surface area contributed by atoms with E-state index in [1.54, 1.807) is 24.8 Å². The molecule has 1 aliphatic heterocycles. The molecule has 176 valence electrons. The summed E-state index contributed by atoms with van der Waals surface area (Å²) in [6.45, 7) is 3.46. The molecule has 1 N–H and O–H groups in total. The fourth-order valence-corrected chi connectivity index (χ4v) is 5.41. The van der Waals surface area contributed by atoms with Gasteiger partial charge in [-0.3, -0.25) is 0 Å². The predicted octanol–water partition coefficient (Wildman–Crippen LogP) is 4.49. The van der Waals surface area contributed by atoms with Gasteiger partial charge < -0.3 is 19.4 Å². The van der Waals surface area contributed by atoms with Crippen LogP contribution in [-0.4, -0.2) is 49.6 Å². The number of rotatable bonds is 6. The molecule has 0 bridgehead atoms. The Morgan fingerprint density at radius 1 is 1.18 bits per heavy atom. The van der Waals surface area contributed by atoms with Crippen LogP contribution in [0.2, 0.25) is 0 Å². The topological polar surface area (TPSA) is 91.9 Å².